The first-order valence-electron chi connectivity index (χ1n) is 19.5. The van der Waals surface area contributed by atoms with E-state index in [4.69, 9.17) is 10.1 Å². The first-order valence-corrected chi connectivity index (χ1v) is 24.5. The summed E-state index contributed by atoms with van der Waals surface area (Å²) in [6.07, 6.45) is 2.00. The zero-order valence-electron chi connectivity index (χ0n) is 32.7. The molecular weight excluding hydrogens is 761 g/mol. The van der Waals surface area contributed by atoms with Crippen molar-refractivity contribution in [2.24, 2.45) is 0 Å². The molecule has 0 bridgehead atoms. The van der Waals surface area contributed by atoms with E-state index in [9.17, 15) is 0 Å². The number of hydrogen-bond acceptors (Lipinski definition) is 4. The molecule has 0 fully saturated rings. The minimum atomic E-state index is -3.78. The van der Waals surface area contributed by atoms with Gasteiger partial charge >= 0.3 is 338 Å². The molecule has 0 amide bonds. The van der Waals surface area contributed by atoms with E-state index < -0.39 is 13.3 Å². The molecule has 0 spiro atoms. The fourth-order valence-corrected chi connectivity index (χ4v) is 20.4. The third kappa shape index (κ3) is 5.42. The van der Waals surface area contributed by atoms with Crippen molar-refractivity contribution in [3.8, 4) is 22.4 Å². The molecule has 0 radical (unpaired) electrons. The molecule has 0 unspecified atom stereocenters. The van der Waals surface area contributed by atoms with Gasteiger partial charge in [0.25, 0.3) is 0 Å². The Balaban J connectivity index is 1.25. The van der Waals surface area contributed by atoms with Gasteiger partial charge in [0.05, 0.1) is 0 Å². The molecule has 6 heteroatoms. The summed E-state index contributed by atoms with van der Waals surface area (Å²) < 4.78 is 5.55. The summed E-state index contributed by atoms with van der Waals surface area (Å²) in [7, 11) is 0. The molecule has 2 aliphatic rings. The van der Waals surface area contributed by atoms with Gasteiger partial charge in [-0.3, -0.25) is 0 Å². The van der Waals surface area contributed by atoms with Crippen molar-refractivity contribution in [2.45, 2.75) is 62.2 Å². The van der Waals surface area contributed by atoms with E-state index in [1.54, 1.807) is 0 Å². The van der Waals surface area contributed by atoms with E-state index in [0.717, 1.165) is 27.8 Å². The second-order valence-corrected chi connectivity index (χ2v) is 26.0. The average molecular weight is 806 g/mol. The standard InChI is InChI=1S/C50H44GeN4S/c1-49(2,3)33-21-24-37-38-25-22-34(50(4,5)6)30-41(38)51(40(37)29-33,47-20-11-12-27-52-47)35-23-26-46-44(31-35)55(43-18-9-10-19-45(43)56-46)36-15-13-14-32(28-36)48-39-16-7-8-17-42(39)53-54-48/h7-31H,1-6H3,(H,53,54). The van der Waals surface area contributed by atoms with Gasteiger partial charge in [-0.05, 0) is 0 Å². The van der Waals surface area contributed by atoms with Crippen LogP contribution in [0.2, 0.25) is 0 Å². The second-order valence-electron chi connectivity index (χ2n) is 17.2. The summed E-state index contributed by atoms with van der Waals surface area (Å²) in [5.74, 6) is 0. The number of nitrogens with one attached hydrogen (secondary N) is 1. The fourth-order valence-electron chi connectivity index (χ4n) is 8.82. The Kier molecular flexibility index (Phi) is 8.04. The fraction of sp³-hybridized carbons (Fsp3) is 0.160. The van der Waals surface area contributed by atoms with Gasteiger partial charge in [0.1, 0.15) is 0 Å². The first-order chi connectivity index (χ1) is 27.0. The number of fused-ring (bicyclic) bond motifs is 6. The van der Waals surface area contributed by atoms with Crippen LogP contribution < -0.4 is 22.6 Å². The molecule has 2 aromatic heterocycles. The van der Waals surface area contributed by atoms with Gasteiger partial charge in [-0.25, -0.2) is 0 Å². The van der Waals surface area contributed by atoms with Gasteiger partial charge in [0.15, 0.2) is 0 Å². The maximum absolute atomic E-state index is 5.34. The number of hydrogen-bond donors (Lipinski definition) is 1. The van der Waals surface area contributed by atoms with Crippen LogP contribution in [0.4, 0.5) is 17.1 Å². The third-order valence-electron chi connectivity index (χ3n) is 11.7. The van der Waals surface area contributed by atoms with E-state index in [0.29, 0.717) is 0 Å². The van der Waals surface area contributed by atoms with Crippen molar-refractivity contribution >= 4 is 70.7 Å². The van der Waals surface area contributed by atoms with Crippen molar-refractivity contribution < 1.29 is 0 Å². The van der Waals surface area contributed by atoms with Crippen molar-refractivity contribution in [2.75, 3.05) is 4.90 Å². The van der Waals surface area contributed by atoms with Gasteiger partial charge < -0.3 is 0 Å². The van der Waals surface area contributed by atoms with Crippen LogP contribution in [0, 0.1) is 0 Å². The summed E-state index contributed by atoms with van der Waals surface area (Å²) in [6, 6.07) is 54.6. The normalized spacial score (nSPS) is 14.3. The summed E-state index contributed by atoms with van der Waals surface area (Å²) in [6.45, 7) is 14.0. The van der Waals surface area contributed by atoms with Crippen LogP contribution in [-0.2, 0) is 10.8 Å². The van der Waals surface area contributed by atoms with Crippen LogP contribution in [0.1, 0.15) is 52.7 Å². The van der Waals surface area contributed by atoms with E-state index in [1.165, 1.54) is 61.1 Å². The number of para-hydroxylation sites is 2. The van der Waals surface area contributed by atoms with E-state index in [-0.39, 0.29) is 10.8 Å². The number of rotatable bonds is 4. The van der Waals surface area contributed by atoms with Crippen molar-refractivity contribution in [3.63, 3.8) is 0 Å². The quantitative estimate of drug-likeness (QED) is 0.180. The average Bonchev–Trinajstić information content (AvgIpc) is 3.77. The Morgan fingerprint density at radius 1 is 0.589 bits per heavy atom. The molecule has 6 aromatic carbocycles. The molecule has 8 aromatic rings. The van der Waals surface area contributed by atoms with Crippen LogP contribution in [-0.4, -0.2) is 28.4 Å². The Hall–Kier alpha value is -5.37. The van der Waals surface area contributed by atoms with E-state index >= 15 is 0 Å². The van der Waals surface area contributed by atoms with E-state index in [2.05, 4.69) is 197 Å². The van der Waals surface area contributed by atoms with E-state index in [1.807, 2.05) is 18.0 Å². The SMILES string of the molecule is CC(C)(C)c1ccc2[c](c1)[Ge]([c]1ccc3c(c1)N(c1cccc(-c4n[nH]c5ccccc45)c1)c1ccccc1S3)([c]1ccccn1)[c]1cc(C(C)(C)C)ccc1-2. The molecule has 0 atom stereocenters. The van der Waals surface area contributed by atoms with Crippen LogP contribution in [0.5, 0.6) is 0 Å². The van der Waals surface area contributed by atoms with Crippen LogP contribution in [0.3, 0.4) is 0 Å². The molecule has 4 nitrogen and oxygen atoms in total. The molecular formula is C50H44GeN4S. The zero-order valence-corrected chi connectivity index (χ0v) is 35.6. The molecule has 0 saturated carbocycles. The van der Waals surface area contributed by atoms with Crippen molar-refractivity contribution in [1.82, 2.24) is 15.2 Å². The first kappa shape index (κ1) is 35.1. The molecule has 56 heavy (non-hydrogen) atoms. The predicted octanol–water partition coefficient (Wildman–Crippen LogP) is 10.5. The summed E-state index contributed by atoms with van der Waals surface area (Å²) in [4.78, 5) is 10.3. The Morgan fingerprint density at radius 2 is 1.27 bits per heavy atom. The minimum absolute atomic E-state index is 0.00383. The zero-order chi connectivity index (χ0) is 38.4. The molecule has 1 N–H and O–H groups in total. The maximum atomic E-state index is 5.34. The van der Waals surface area contributed by atoms with Crippen LogP contribution >= 0.6 is 11.8 Å². The number of aromatic amines is 1. The van der Waals surface area contributed by atoms with Crippen LogP contribution in [0.15, 0.2) is 162 Å². The Morgan fingerprint density at radius 3 is 1.98 bits per heavy atom. The van der Waals surface area contributed by atoms with Gasteiger partial charge in [-0.2, -0.15) is 0 Å². The summed E-state index contributed by atoms with van der Waals surface area (Å²) in [5.41, 5.74) is 12.0. The Bertz CT molecular complexity index is 2760. The van der Waals surface area contributed by atoms with Gasteiger partial charge in [-0.15, -0.1) is 0 Å². The summed E-state index contributed by atoms with van der Waals surface area (Å²) in [5, 5.41) is 9.17. The van der Waals surface area contributed by atoms with Crippen LogP contribution in [0.25, 0.3) is 33.3 Å². The number of H-pyrrole nitrogens is 1. The Labute approximate surface area is 336 Å². The number of anilines is 3. The van der Waals surface area contributed by atoms with Gasteiger partial charge in [-0.1, -0.05) is 0 Å². The monoisotopic (exact) mass is 806 g/mol. The number of nitrogens with zero attached hydrogens (tertiary/aromatic N) is 3. The number of benzene rings is 6. The van der Waals surface area contributed by atoms with Crippen molar-refractivity contribution in [3.05, 3.63) is 163 Å². The molecule has 4 heterocycles. The van der Waals surface area contributed by atoms with Gasteiger partial charge in [0.2, 0.25) is 0 Å². The molecule has 0 aliphatic carbocycles. The van der Waals surface area contributed by atoms with Crippen molar-refractivity contribution in [1.29, 1.82) is 0 Å². The molecule has 10 rings (SSSR count). The number of aromatic nitrogens is 3. The summed E-state index contributed by atoms with van der Waals surface area (Å²) >= 11 is -1.92. The topological polar surface area (TPSA) is 44.8 Å². The predicted molar refractivity (Wildman–Crippen MR) is 238 cm³/mol. The molecule has 2 aliphatic heterocycles. The molecule has 0 saturated heterocycles. The molecule has 274 valence electrons. The second kappa shape index (κ2) is 12.8. The van der Waals surface area contributed by atoms with Gasteiger partial charge in [0, 0.05) is 0 Å². The third-order valence-corrected chi connectivity index (χ3v) is 22.7. The number of pyridine rings is 1.